The van der Waals surface area contributed by atoms with Crippen LogP contribution in [-0.2, 0) is 11.8 Å². The zero-order valence-electron chi connectivity index (χ0n) is 12.3. The maximum atomic E-state index is 6.24. The molecule has 0 unspecified atom stereocenters. The fourth-order valence-corrected chi connectivity index (χ4v) is 4.03. The molecule has 2 aliphatic rings. The largest absolute Gasteiger partial charge is 0.372 e. The highest BCUT2D eigenvalue weighted by atomic mass is 16.5. The van der Waals surface area contributed by atoms with E-state index in [2.05, 4.69) is 63.0 Å². The standard InChI is InChI=1S/C17H24NO/c1-11-8-12(2)16-13(3)15(11)10-19-17(16)14-6-5-7-18(4)9-14/h5-9,11,13,15-17H,10H2,1-4H3/q+1/t11-,13-,15+,16+,17+/m1/s1. The Morgan fingerprint density at radius 2 is 2.11 bits per heavy atom. The molecule has 0 saturated carbocycles. The molecule has 0 spiro atoms. The van der Waals surface area contributed by atoms with Gasteiger partial charge in [0.25, 0.3) is 0 Å². The maximum Gasteiger partial charge on any atom is 0.174 e. The maximum absolute atomic E-state index is 6.24. The Morgan fingerprint density at radius 1 is 1.32 bits per heavy atom. The molecule has 19 heavy (non-hydrogen) atoms. The molecular weight excluding hydrogens is 234 g/mol. The van der Waals surface area contributed by atoms with Crippen molar-refractivity contribution >= 4 is 0 Å². The van der Waals surface area contributed by atoms with E-state index >= 15 is 0 Å². The molecule has 1 aliphatic carbocycles. The molecular formula is C17H24NO+. The van der Waals surface area contributed by atoms with Crippen molar-refractivity contribution in [2.24, 2.45) is 30.7 Å². The molecule has 0 amide bonds. The lowest BCUT2D eigenvalue weighted by atomic mass is 9.65. The first-order valence-electron chi connectivity index (χ1n) is 7.33. The third kappa shape index (κ3) is 2.12. The predicted molar refractivity (Wildman–Crippen MR) is 75.4 cm³/mol. The lowest BCUT2D eigenvalue weighted by Gasteiger charge is -2.47. The summed E-state index contributed by atoms with van der Waals surface area (Å²) >= 11 is 0. The van der Waals surface area contributed by atoms with Gasteiger partial charge in [0.2, 0.25) is 0 Å². The highest BCUT2D eigenvalue weighted by molar-refractivity contribution is 5.22. The van der Waals surface area contributed by atoms with Crippen LogP contribution < -0.4 is 4.57 Å². The summed E-state index contributed by atoms with van der Waals surface area (Å²) in [5, 5.41) is 0. The lowest BCUT2D eigenvalue weighted by molar-refractivity contribution is -0.672. The molecule has 1 saturated heterocycles. The molecule has 1 fully saturated rings. The second kappa shape index (κ2) is 4.75. The highest BCUT2D eigenvalue weighted by Crippen LogP contribution is 2.49. The van der Waals surface area contributed by atoms with Gasteiger partial charge in [-0.2, -0.15) is 0 Å². The number of ether oxygens (including phenoxy) is 1. The first-order chi connectivity index (χ1) is 9.08. The van der Waals surface area contributed by atoms with Gasteiger partial charge in [-0.15, -0.1) is 0 Å². The zero-order chi connectivity index (χ0) is 13.6. The Balaban J connectivity index is 1.98. The van der Waals surface area contributed by atoms with Crippen LogP contribution in [0.2, 0.25) is 0 Å². The van der Waals surface area contributed by atoms with Crippen LogP contribution in [0.15, 0.2) is 36.2 Å². The fraction of sp³-hybridized carbons (Fsp3) is 0.588. The fourth-order valence-electron chi connectivity index (χ4n) is 4.03. The van der Waals surface area contributed by atoms with E-state index in [0.29, 0.717) is 23.7 Å². The Hall–Kier alpha value is -1.15. The molecule has 2 nitrogen and oxygen atoms in total. The summed E-state index contributed by atoms with van der Waals surface area (Å²) < 4.78 is 8.35. The molecule has 0 radical (unpaired) electrons. The van der Waals surface area contributed by atoms with Crippen molar-refractivity contribution in [1.29, 1.82) is 0 Å². The molecule has 2 heteroatoms. The molecule has 0 N–H and O–H groups in total. The number of hydrogen-bond donors (Lipinski definition) is 0. The third-order valence-corrected chi connectivity index (χ3v) is 5.05. The van der Waals surface area contributed by atoms with Crippen molar-refractivity contribution in [2.45, 2.75) is 26.9 Å². The molecule has 1 aromatic rings. The molecule has 2 heterocycles. The van der Waals surface area contributed by atoms with E-state index in [9.17, 15) is 0 Å². The first kappa shape index (κ1) is 12.9. The van der Waals surface area contributed by atoms with Crippen LogP contribution in [0.3, 0.4) is 0 Å². The third-order valence-electron chi connectivity index (χ3n) is 5.05. The summed E-state index contributed by atoms with van der Waals surface area (Å²) in [5.41, 5.74) is 2.81. The van der Waals surface area contributed by atoms with Gasteiger partial charge < -0.3 is 4.74 Å². The van der Waals surface area contributed by atoms with Crippen molar-refractivity contribution < 1.29 is 9.30 Å². The molecule has 3 rings (SSSR count). The van der Waals surface area contributed by atoms with E-state index in [-0.39, 0.29) is 6.10 Å². The number of hydrogen-bond acceptors (Lipinski definition) is 1. The van der Waals surface area contributed by atoms with E-state index in [1.165, 1.54) is 11.1 Å². The lowest BCUT2D eigenvalue weighted by Crippen LogP contribution is -2.43. The van der Waals surface area contributed by atoms with Gasteiger partial charge >= 0.3 is 0 Å². The first-order valence-corrected chi connectivity index (χ1v) is 7.33. The number of fused-ring (bicyclic) bond motifs is 2. The predicted octanol–water partition coefficient (Wildman–Crippen LogP) is 3.05. The Kier molecular flexibility index (Phi) is 3.22. The minimum absolute atomic E-state index is 0.224. The topological polar surface area (TPSA) is 13.1 Å². The van der Waals surface area contributed by atoms with Crippen LogP contribution in [-0.4, -0.2) is 6.61 Å². The van der Waals surface area contributed by atoms with Gasteiger partial charge in [0.15, 0.2) is 12.4 Å². The highest BCUT2D eigenvalue weighted by Gasteiger charge is 2.44. The SMILES string of the molecule is CC1=C[C@@H](C)[C@@H]2CO[C@@H](c3ccc[n+](C)c3)[C@@H]1[C@@H]2C. The van der Waals surface area contributed by atoms with Crippen LogP contribution in [0.1, 0.15) is 32.4 Å². The van der Waals surface area contributed by atoms with Gasteiger partial charge in [0, 0.05) is 17.5 Å². The monoisotopic (exact) mass is 258 g/mol. The Labute approximate surface area is 116 Å². The summed E-state index contributed by atoms with van der Waals surface area (Å²) in [6.07, 6.45) is 6.96. The molecule has 2 bridgehead atoms. The summed E-state index contributed by atoms with van der Waals surface area (Å²) in [6.45, 7) is 7.90. The van der Waals surface area contributed by atoms with Gasteiger partial charge in [0.05, 0.1) is 12.7 Å². The second-order valence-corrected chi connectivity index (χ2v) is 6.38. The Bertz CT molecular complexity index is 508. The number of aromatic nitrogens is 1. The van der Waals surface area contributed by atoms with Crippen molar-refractivity contribution in [2.75, 3.05) is 6.61 Å². The van der Waals surface area contributed by atoms with Gasteiger partial charge in [-0.1, -0.05) is 25.5 Å². The van der Waals surface area contributed by atoms with E-state index < -0.39 is 0 Å². The number of pyridine rings is 1. The van der Waals surface area contributed by atoms with Crippen LogP contribution in [0.5, 0.6) is 0 Å². The van der Waals surface area contributed by atoms with Crippen LogP contribution >= 0.6 is 0 Å². The summed E-state index contributed by atoms with van der Waals surface area (Å²) in [6, 6.07) is 4.31. The minimum atomic E-state index is 0.224. The van der Waals surface area contributed by atoms with Crippen LogP contribution in [0, 0.1) is 23.7 Å². The average Bonchev–Trinajstić information content (AvgIpc) is 2.35. The summed E-state index contributed by atoms with van der Waals surface area (Å²) in [7, 11) is 2.07. The quantitative estimate of drug-likeness (QED) is 0.557. The van der Waals surface area contributed by atoms with E-state index in [4.69, 9.17) is 4.74 Å². The zero-order valence-corrected chi connectivity index (χ0v) is 12.3. The van der Waals surface area contributed by atoms with Crippen molar-refractivity contribution in [1.82, 2.24) is 0 Å². The molecule has 1 aromatic heterocycles. The van der Waals surface area contributed by atoms with E-state index in [1.807, 2.05) is 0 Å². The van der Waals surface area contributed by atoms with Gasteiger partial charge in [-0.05, 0) is 30.7 Å². The smallest absolute Gasteiger partial charge is 0.174 e. The molecule has 0 aromatic carbocycles. The van der Waals surface area contributed by atoms with E-state index in [0.717, 1.165) is 6.61 Å². The van der Waals surface area contributed by atoms with E-state index in [1.54, 1.807) is 0 Å². The van der Waals surface area contributed by atoms with Gasteiger partial charge in [-0.3, -0.25) is 0 Å². The number of allylic oxidation sites excluding steroid dienone is 1. The molecule has 1 aliphatic heterocycles. The Morgan fingerprint density at radius 3 is 2.84 bits per heavy atom. The number of nitrogens with zero attached hydrogens (tertiary/aromatic N) is 1. The summed E-state index contributed by atoms with van der Waals surface area (Å²) in [4.78, 5) is 0. The second-order valence-electron chi connectivity index (χ2n) is 6.38. The van der Waals surface area contributed by atoms with Gasteiger partial charge in [0.1, 0.15) is 7.05 Å². The number of rotatable bonds is 1. The van der Waals surface area contributed by atoms with Crippen LogP contribution in [0.4, 0.5) is 0 Å². The average molecular weight is 258 g/mol. The normalized spacial score (nSPS) is 37.9. The van der Waals surface area contributed by atoms with Gasteiger partial charge in [-0.25, -0.2) is 4.57 Å². The van der Waals surface area contributed by atoms with Crippen molar-refractivity contribution in [3.63, 3.8) is 0 Å². The van der Waals surface area contributed by atoms with Crippen molar-refractivity contribution in [3.05, 3.63) is 41.7 Å². The van der Waals surface area contributed by atoms with Crippen molar-refractivity contribution in [3.8, 4) is 0 Å². The number of aryl methyl sites for hydroxylation is 1. The minimum Gasteiger partial charge on any atom is -0.372 e. The van der Waals surface area contributed by atoms with Crippen LogP contribution in [0.25, 0.3) is 0 Å². The molecule has 102 valence electrons. The molecule has 5 atom stereocenters. The summed E-state index contributed by atoms with van der Waals surface area (Å²) in [5.74, 6) is 2.59.